The van der Waals surface area contributed by atoms with Gasteiger partial charge in [0.15, 0.2) is 14.9 Å². The molecule has 8 heteroatoms. The van der Waals surface area contributed by atoms with E-state index in [-0.39, 0.29) is 15.9 Å². The molecule has 0 atom stereocenters. The zero-order valence-corrected chi connectivity index (χ0v) is 14.4. The molecule has 1 spiro atoms. The molecule has 3 heterocycles. The van der Waals surface area contributed by atoms with E-state index in [1.165, 1.54) is 12.7 Å². The lowest BCUT2D eigenvalue weighted by molar-refractivity contribution is 0.204. The van der Waals surface area contributed by atoms with Crippen molar-refractivity contribution in [1.82, 2.24) is 14.5 Å². The van der Waals surface area contributed by atoms with Crippen LogP contribution in [-0.2, 0) is 15.4 Å². The maximum Gasteiger partial charge on any atom is 0.224 e. The van der Waals surface area contributed by atoms with Crippen LogP contribution in [0.3, 0.4) is 0 Å². The van der Waals surface area contributed by atoms with Crippen LogP contribution in [0.25, 0.3) is 11.0 Å². The predicted octanol–water partition coefficient (Wildman–Crippen LogP) is 2.55. The molecule has 2 aliphatic rings. The minimum absolute atomic E-state index is 0.142. The molecule has 0 bridgehead atoms. The van der Waals surface area contributed by atoms with Crippen LogP contribution in [0.1, 0.15) is 37.8 Å². The Kier molecular flexibility index (Phi) is 3.29. The van der Waals surface area contributed by atoms with Crippen LogP contribution in [0, 0.1) is 0 Å². The van der Waals surface area contributed by atoms with Crippen molar-refractivity contribution in [1.29, 1.82) is 0 Å². The molecule has 0 N–H and O–H groups in total. The first kappa shape index (κ1) is 15.1. The molecule has 122 valence electrons. The predicted molar refractivity (Wildman–Crippen MR) is 89.8 cm³/mol. The summed E-state index contributed by atoms with van der Waals surface area (Å²) in [5.41, 5.74) is 1.13. The second-order valence-corrected chi connectivity index (χ2v) is 8.73. The van der Waals surface area contributed by atoms with Gasteiger partial charge in [0.1, 0.15) is 5.65 Å². The molecule has 4 rings (SSSR count). The molecule has 1 saturated carbocycles. The van der Waals surface area contributed by atoms with Gasteiger partial charge in [-0.05, 0) is 30.5 Å². The van der Waals surface area contributed by atoms with E-state index in [4.69, 9.17) is 11.6 Å². The first-order valence-electron chi connectivity index (χ1n) is 7.70. The van der Waals surface area contributed by atoms with Crippen LogP contribution in [-0.4, -0.2) is 40.8 Å². The van der Waals surface area contributed by atoms with Crippen molar-refractivity contribution in [3.05, 3.63) is 23.2 Å². The fraction of sp³-hybridized carbons (Fsp3) is 0.533. The van der Waals surface area contributed by atoms with Crippen LogP contribution in [0.5, 0.6) is 0 Å². The lowest BCUT2D eigenvalue weighted by atomic mass is 9.80. The van der Waals surface area contributed by atoms with E-state index in [0.29, 0.717) is 17.9 Å². The highest BCUT2D eigenvalue weighted by Crippen LogP contribution is 2.41. The molecule has 0 aromatic carbocycles. The molecular formula is C15H17ClN4O2S. The van der Waals surface area contributed by atoms with Crippen molar-refractivity contribution < 1.29 is 8.42 Å². The van der Waals surface area contributed by atoms with Gasteiger partial charge in [-0.15, -0.1) is 0 Å². The van der Waals surface area contributed by atoms with Crippen molar-refractivity contribution in [2.45, 2.75) is 37.6 Å². The third-order valence-corrected chi connectivity index (χ3v) is 6.08. The van der Waals surface area contributed by atoms with Crippen LogP contribution < -0.4 is 0 Å². The third-order valence-electron chi connectivity index (χ3n) is 4.86. The molecule has 1 aliphatic carbocycles. The second kappa shape index (κ2) is 5.01. The highest BCUT2D eigenvalue weighted by Gasteiger charge is 2.41. The normalized spacial score (nSPS) is 20.5. The first-order valence-corrected chi connectivity index (χ1v) is 9.97. The standard InChI is InChI=1S/C15H17ClN4O2S/c1-23(21,22)13-11-7-10-8-17-14(16)19-12(10)20(11)15(9-18-13)5-3-2-4-6-15/h7-8H,2-6,9H2,1H3. The molecule has 0 radical (unpaired) electrons. The zero-order chi connectivity index (χ0) is 16.2. The number of fused-ring (bicyclic) bond motifs is 4. The maximum atomic E-state index is 12.2. The first-order chi connectivity index (χ1) is 10.9. The lowest BCUT2D eigenvalue weighted by Gasteiger charge is -2.41. The minimum atomic E-state index is -3.40. The Morgan fingerprint density at radius 1 is 1.26 bits per heavy atom. The summed E-state index contributed by atoms with van der Waals surface area (Å²) in [4.78, 5) is 12.9. The summed E-state index contributed by atoms with van der Waals surface area (Å²) in [6, 6.07) is 1.82. The number of halogens is 1. The summed E-state index contributed by atoms with van der Waals surface area (Å²) in [7, 11) is -3.40. The van der Waals surface area contributed by atoms with Gasteiger partial charge in [-0.25, -0.2) is 13.4 Å². The van der Waals surface area contributed by atoms with Crippen molar-refractivity contribution in [2.24, 2.45) is 4.99 Å². The number of aliphatic imine (C=N–C) groups is 1. The lowest BCUT2D eigenvalue weighted by Crippen LogP contribution is -2.44. The molecule has 0 unspecified atom stereocenters. The van der Waals surface area contributed by atoms with Gasteiger partial charge in [0, 0.05) is 17.8 Å². The Morgan fingerprint density at radius 3 is 2.70 bits per heavy atom. The third kappa shape index (κ3) is 2.29. The zero-order valence-electron chi connectivity index (χ0n) is 12.8. The number of sulfone groups is 1. The van der Waals surface area contributed by atoms with Crippen molar-refractivity contribution in [3.63, 3.8) is 0 Å². The molecule has 6 nitrogen and oxygen atoms in total. The van der Waals surface area contributed by atoms with E-state index in [1.807, 2.05) is 6.07 Å². The average Bonchev–Trinajstić information content (AvgIpc) is 2.86. The summed E-state index contributed by atoms with van der Waals surface area (Å²) in [5.74, 6) is 0. The van der Waals surface area contributed by atoms with Gasteiger partial charge in [-0.3, -0.25) is 4.99 Å². The van der Waals surface area contributed by atoms with E-state index in [9.17, 15) is 8.42 Å². The molecule has 1 fully saturated rings. The Labute approximate surface area is 139 Å². The quantitative estimate of drug-likeness (QED) is 0.683. The summed E-state index contributed by atoms with van der Waals surface area (Å²) in [6.45, 7) is 0.480. The highest BCUT2D eigenvalue weighted by atomic mass is 35.5. The SMILES string of the molecule is CS(=O)(=O)C1=NCC2(CCCCC2)n2c1cc1cnc(Cl)nc12. The molecule has 2 aromatic heterocycles. The average molecular weight is 353 g/mol. The summed E-state index contributed by atoms with van der Waals surface area (Å²) >= 11 is 5.99. The van der Waals surface area contributed by atoms with E-state index in [0.717, 1.165) is 31.1 Å². The number of nitrogens with zero attached hydrogens (tertiary/aromatic N) is 4. The van der Waals surface area contributed by atoms with Gasteiger partial charge in [-0.1, -0.05) is 19.3 Å². The summed E-state index contributed by atoms with van der Waals surface area (Å²) in [6.07, 6.45) is 8.23. The maximum absolute atomic E-state index is 12.2. The van der Waals surface area contributed by atoms with Gasteiger partial charge in [0.25, 0.3) is 0 Å². The topological polar surface area (TPSA) is 77.2 Å². The van der Waals surface area contributed by atoms with Gasteiger partial charge in [0.05, 0.1) is 17.8 Å². The summed E-state index contributed by atoms with van der Waals surface area (Å²) in [5, 5.41) is 1.11. The van der Waals surface area contributed by atoms with Crippen LogP contribution in [0.2, 0.25) is 5.28 Å². The van der Waals surface area contributed by atoms with Crippen molar-refractivity contribution in [3.8, 4) is 0 Å². The van der Waals surface area contributed by atoms with Crippen LogP contribution in [0.15, 0.2) is 17.3 Å². The van der Waals surface area contributed by atoms with E-state index >= 15 is 0 Å². The Bertz CT molecular complexity index is 926. The number of hydrogen-bond acceptors (Lipinski definition) is 5. The van der Waals surface area contributed by atoms with Gasteiger partial charge >= 0.3 is 0 Å². The minimum Gasteiger partial charge on any atom is -0.315 e. The van der Waals surface area contributed by atoms with Crippen molar-refractivity contribution in [2.75, 3.05) is 12.8 Å². The molecule has 0 amide bonds. The van der Waals surface area contributed by atoms with Crippen LogP contribution >= 0.6 is 11.6 Å². The van der Waals surface area contributed by atoms with Crippen LogP contribution in [0.4, 0.5) is 0 Å². The number of aromatic nitrogens is 3. The van der Waals surface area contributed by atoms with Crippen molar-refractivity contribution >= 4 is 37.5 Å². The summed E-state index contributed by atoms with van der Waals surface area (Å²) < 4.78 is 26.4. The number of rotatable bonds is 0. The fourth-order valence-corrected chi connectivity index (χ4v) is 4.83. The Hall–Kier alpha value is -1.47. The Morgan fingerprint density at radius 2 is 2.00 bits per heavy atom. The largest absolute Gasteiger partial charge is 0.315 e. The molecule has 1 aliphatic heterocycles. The molecule has 2 aromatic rings. The molecule has 23 heavy (non-hydrogen) atoms. The fourth-order valence-electron chi connectivity index (χ4n) is 3.88. The van der Waals surface area contributed by atoms with Gasteiger partial charge in [-0.2, -0.15) is 4.98 Å². The van der Waals surface area contributed by atoms with Gasteiger partial charge < -0.3 is 4.57 Å². The molecule has 0 saturated heterocycles. The van der Waals surface area contributed by atoms with E-state index in [1.54, 1.807) is 6.20 Å². The molecular weight excluding hydrogens is 336 g/mol. The second-order valence-electron chi connectivity index (χ2n) is 6.46. The number of hydrogen-bond donors (Lipinski definition) is 0. The van der Waals surface area contributed by atoms with E-state index < -0.39 is 9.84 Å². The highest BCUT2D eigenvalue weighted by molar-refractivity contribution is 8.06. The monoisotopic (exact) mass is 352 g/mol. The smallest absolute Gasteiger partial charge is 0.224 e. The van der Waals surface area contributed by atoms with E-state index in [2.05, 4.69) is 19.5 Å². The van der Waals surface area contributed by atoms with Gasteiger partial charge in [0.2, 0.25) is 5.28 Å². The Balaban J connectivity index is 2.05.